The number of nitrogens with one attached hydrogen (secondary N) is 2. The fraction of sp³-hybridized carbons (Fsp3) is 0.471. The van der Waals surface area contributed by atoms with E-state index >= 15 is 0 Å². The van der Waals surface area contributed by atoms with Crippen LogP contribution in [0.25, 0.3) is 0 Å². The van der Waals surface area contributed by atoms with Crippen molar-refractivity contribution in [3.05, 3.63) is 29.8 Å². The third kappa shape index (κ3) is 5.26. The first-order valence-corrected chi connectivity index (χ1v) is 8.07. The van der Waals surface area contributed by atoms with Crippen molar-refractivity contribution in [1.29, 1.82) is 0 Å². The molecule has 0 radical (unpaired) electrons. The minimum Gasteiger partial charge on any atom is -0.497 e. The van der Waals surface area contributed by atoms with E-state index in [2.05, 4.69) is 10.6 Å². The number of hydrogen-bond donors (Lipinski definition) is 2. The molecule has 1 fully saturated rings. The number of methoxy groups -OCH3 is 1. The van der Waals surface area contributed by atoms with Gasteiger partial charge in [-0.3, -0.25) is 14.4 Å². The molecule has 1 aromatic rings. The predicted molar refractivity (Wildman–Crippen MR) is 88.3 cm³/mol. The minimum absolute atomic E-state index is 0.165. The number of benzene rings is 1. The highest BCUT2D eigenvalue weighted by atomic mass is 16.5. The summed E-state index contributed by atoms with van der Waals surface area (Å²) in [4.78, 5) is 36.7. The first kappa shape index (κ1) is 17.8. The molecule has 24 heavy (non-hydrogen) atoms. The summed E-state index contributed by atoms with van der Waals surface area (Å²) in [5.41, 5.74) is 0.879. The maximum absolute atomic E-state index is 11.7. The van der Waals surface area contributed by atoms with Gasteiger partial charge in [0.2, 0.25) is 5.91 Å². The predicted octanol–water partition coefficient (Wildman–Crippen LogP) is 0.440. The number of likely N-dealkylation sites (tertiary alicyclic amines) is 1. The summed E-state index contributed by atoms with van der Waals surface area (Å²) in [5.74, 6) is -0.419. The second-order valence-corrected chi connectivity index (χ2v) is 5.62. The largest absolute Gasteiger partial charge is 0.497 e. The average molecular weight is 333 g/mol. The monoisotopic (exact) mass is 333 g/mol. The van der Waals surface area contributed by atoms with E-state index in [1.807, 2.05) is 12.1 Å². The molecule has 7 heteroatoms. The summed E-state index contributed by atoms with van der Waals surface area (Å²) in [6, 6.07) is 7.23. The van der Waals surface area contributed by atoms with Crippen LogP contribution in [0.15, 0.2) is 24.3 Å². The molecule has 1 aliphatic heterocycles. The molecule has 0 aromatic heterocycles. The molecule has 0 bridgehead atoms. The lowest BCUT2D eigenvalue weighted by Gasteiger charge is -2.15. The van der Waals surface area contributed by atoms with Crippen LogP contribution in [0.1, 0.15) is 24.8 Å². The topological polar surface area (TPSA) is 87.7 Å². The minimum atomic E-state index is -0.664. The second kappa shape index (κ2) is 8.90. The highest BCUT2D eigenvalue weighted by molar-refractivity contribution is 6.35. The van der Waals surface area contributed by atoms with Crippen LogP contribution in [0.2, 0.25) is 0 Å². The van der Waals surface area contributed by atoms with Gasteiger partial charge in [-0.1, -0.05) is 12.1 Å². The van der Waals surface area contributed by atoms with Crippen LogP contribution in [0.3, 0.4) is 0 Å². The third-order valence-electron chi connectivity index (χ3n) is 3.88. The van der Waals surface area contributed by atoms with Crippen LogP contribution in [-0.2, 0) is 20.9 Å². The number of ether oxygens (including phenoxy) is 1. The van der Waals surface area contributed by atoms with E-state index in [0.29, 0.717) is 25.9 Å². The summed E-state index contributed by atoms with van der Waals surface area (Å²) >= 11 is 0. The summed E-state index contributed by atoms with van der Waals surface area (Å²) in [5, 5.41) is 5.14. The van der Waals surface area contributed by atoms with E-state index in [-0.39, 0.29) is 12.5 Å². The van der Waals surface area contributed by atoms with E-state index in [1.54, 1.807) is 24.1 Å². The van der Waals surface area contributed by atoms with Crippen molar-refractivity contribution < 1.29 is 19.1 Å². The SMILES string of the molecule is COc1ccc(CNC(=O)C(=O)NCCCN2CCCC2=O)cc1. The third-order valence-corrected chi connectivity index (χ3v) is 3.88. The second-order valence-electron chi connectivity index (χ2n) is 5.62. The van der Waals surface area contributed by atoms with Crippen molar-refractivity contribution in [2.45, 2.75) is 25.8 Å². The van der Waals surface area contributed by atoms with Gasteiger partial charge in [0.25, 0.3) is 0 Å². The Morgan fingerprint density at radius 2 is 1.88 bits per heavy atom. The number of rotatable bonds is 7. The highest BCUT2D eigenvalue weighted by Gasteiger charge is 2.19. The van der Waals surface area contributed by atoms with Crippen LogP contribution in [0.4, 0.5) is 0 Å². The molecular weight excluding hydrogens is 310 g/mol. The molecule has 7 nitrogen and oxygen atoms in total. The zero-order chi connectivity index (χ0) is 17.4. The molecule has 0 atom stereocenters. The lowest BCUT2D eigenvalue weighted by Crippen LogP contribution is -2.40. The highest BCUT2D eigenvalue weighted by Crippen LogP contribution is 2.11. The van der Waals surface area contributed by atoms with Gasteiger partial charge in [0.15, 0.2) is 0 Å². The summed E-state index contributed by atoms with van der Waals surface area (Å²) in [6.07, 6.45) is 2.16. The fourth-order valence-electron chi connectivity index (χ4n) is 2.50. The molecule has 0 saturated carbocycles. The molecule has 1 aromatic carbocycles. The molecule has 0 unspecified atom stereocenters. The zero-order valence-electron chi connectivity index (χ0n) is 13.8. The molecular formula is C17H23N3O4. The van der Waals surface area contributed by atoms with Crippen molar-refractivity contribution >= 4 is 17.7 Å². The number of nitrogens with zero attached hydrogens (tertiary/aromatic N) is 1. The van der Waals surface area contributed by atoms with Gasteiger partial charge < -0.3 is 20.3 Å². The van der Waals surface area contributed by atoms with Crippen molar-refractivity contribution in [2.24, 2.45) is 0 Å². The van der Waals surface area contributed by atoms with Gasteiger partial charge >= 0.3 is 11.8 Å². The lowest BCUT2D eigenvalue weighted by molar-refractivity contribution is -0.139. The molecule has 2 rings (SSSR count). The first-order chi connectivity index (χ1) is 11.6. The normalized spacial score (nSPS) is 13.7. The van der Waals surface area contributed by atoms with Crippen molar-refractivity contribution in [3.8, 4) is 5.75 Å². The smallest absolute Gasteiger partial charge is 0.309 e. The van der Waals surface area contributed by atoms with Crippen molar-refractivity contribution in [3.63, 3.8) is 0 Å². The van der Waals surface area contributed by atoms with Crippen LogP contribution < -0.4 is 15.4 Å². The average Bonchev–Trinajstić information content (AvgIpc) is 3.01. The maximum atomic E-state index is 11.7. The van der Waals surface area contributed by atoms with Crippen LogP contribution >= 0.6 is 0 Å². The van der Waals surface area contributed by atoms with Crippen LogP contribution in [0.5, 0.6) is 5.75 Å². The quantitative estimate of drug-likeness (QED) is 0.560. The molecule has 1 saturated heterocycles. The molecule has 0 aliphatic carbocycles. The molecule has 130 valence electrons. The number of carbonyl (C=O) groups is 3. The summed E-state index contributed by atoms with van der Waals surface area (Å²) in [6.45, 7) is 2.05. The van der Waals surface area contributed by atoms with E-state index in [0.717, 1.165) is 24.3 Å². The standard InChI is InChI=1S/C17H23N3O4/c1-24-14-7-5-13(6-8-14)12-19-17(23)16(22)18-9-3-11-20-10-2-4-15(20)21/h5-8H,2-4,9-12H2,1H3,(H,18,22)(H,19,23). The van der Waals surface area contributed by atoms with Crippen molar-refractivity contribution in [2.75, 3.05) is 26.7 Å². The lowest BCUT2D eigenvalue weighted by atomic mass is 10.2. The Bertz CT molecular complexity index is 586. The van der Waals surface area contributed by atoms with Gasteiger partial charge in [0, 0.05) is 32.6 Å². The maximum Gasteiger partial charge on any atom is 0.309 e. The number of amides is 3. The van der Waals surface area contributed by atoms with E-state index in [9.17, 15) is 14.4 Å². The Labute approximate surface area is 141 Å². The van der Waals surface area contributed by atoms with Crippen molar-refractivity contribution in [1.82, 2.24) is 15.5 Å². The number of hydrogen-bond acceptors (Lipinski definition) is 4. The van der Waals surface area contributed by atoms with Gasteiger partial charge in [-0.05, 0) is 30.5 Å². The molecule has 1 aliphatic rings. The van der Waals surface area contributed by atoms with Gasteiger partial charge in [-0.15, -0.1) is 0 Å². The Hall–Kier alpha value is -2.57. The Kier molecular flexibility index (Phi) is 6.60. The molecule has 1 heterocycles. The van der Waals surface area contributed by atoms with Gasteiger partial charge in [-0.2, -0.15) is 0 Å². The summed E-state index contributed by atoms with van der Waals surface area (Å²) in [7, 11) is 1.58. The Balaban J connectivity index is 1.62. The first-order valence-electron chi connectivity index (χ1n) is 8.07. The molecule has 3 amide bonds. The Morgan fingerprint density at radius 1 is 1.17 bits per heavy atom. The van der Waals surface area contributed by atoms with E-state index < -0.39 is 11.8 Å². The molecule has 2 N–H and O–H groups in total. The van der Waals surface area contributed by atoms with Crippen LogP contribution in [-0.4, -0.2) is 49.4 Å². The number of carbonyl (C=O) groups excluding carboxylic acids is 3. The van der Waals surface area contributed by atoms with Gasteiger partial charge in [0.05, 0.1) is 7.11 Å². The van der Waals surface area contributed by atoms with E-state index in [4.69, 9.17) is 4.74 Å². The summed E-state index contributed by atoms with van der Waals surface area (Å²) < 4.78 is 5.06. The molecule has 0 spiro atoms. The van der Waals surface area contributed by atoms with Gasteiger partial charge in [0.1, 0.15) is 5.75 Å². The fourth-order valence-corrected chi connectivity index (χ4v) is 2.50. The van der Waals surface area contributed by atoms with Gasteiger partial charge in [-0.25, -0.2) is 0 Å². The van der Waals surface area contributed by atoms with E-state index in [1.165, 1.54) is 0 Å². The van der Waals surface area contributed by atoms with Crippen LogP contribution in [0, 0.1) is 0 Å². The zero-order valence-corrected chi connectivity index (χ0v) is 13.8. The Morgan fingerprint density at radius 3 is 2.50 bits per heavy atom.